The van der Waals surface area contributed by atoms with Gasteiger partial charge in [0.15, 0.2) is 0 Å². The van der Waals surface area contributed by atoms with Crippen molar-refractivity contribution in [2.24, 2.45) is 0 Å². The molecule has 2 N–H and O–H groups in total. The molecule has 1 aromatic carbocycles. The van der Waals surface area contributed by atoms with Crippen LogP contribution < -0.4 is 10.6 Å². The Morgan fingerprint density at radius 3 is 2.56 bits per heavy atom. The first-order valence-electron chi connectivity index (χ1n) is 8.39. The van der Waals surface area contributed by atoms with Crippen LogP contribution in [0.2, 0.25) is 5.02 Å². The Hall–Kier alpha value is 0.0400. The van der Waals surface area contributed by atoms with E-state index in [1.165, 1.54) is 4.90 Å². The summed E-state index contributed by atoms with van der Waals surface area (Å²) >= 11 is 5.90. The molecule has 2 aliphatic rings. The van der Waals surface area contributed by atoms with E-state index in [9.17, 15) is 8.42 Å². The molecule has 0 saturated carbocycles. The molecule has 9 heteroatoms. The number of benzene rings is 1. The quantitative estimate of drug-likeness (QED) is 0.688. The molecule has 140 valence electrons. The van der Waals surface area contributed by atoms with Gasteiger partial charge in [-0.1, -0.05) is 33.2 Å². The van der Waals surface area contributed by atoms with Crippen LogP contribution >= 0.6 is 33.2 Å². The van der Waals surface area contributed by atoms with E-state index in [1.807, 2.05) is 42.0 Å². The summed E-state index contributed by atoms with van der Waals surface area (Å²) in [4.78, 5) is 1.18. The summed E-state index contributed by atoms with van der Waals surface area (Å²) < 4.78 is 27.1. The summed E-state index contributed by atoms with van der Waals surface area (Å²) in [5.41, 5.74) is -0.366. The fourth-order valence-electron chi connectivity index (χ4n) is 3.09. The van der Waals surface area contributed by atoms with Crippen molar-refractivity contribution in [1.82, 2.24) is 14.9 Å². The number of halogens is 1. The van der Waals surface area contributed by atoms with E-state index >= 15 is 0 Å². The molecule has 0 amide bonds. The Kier molecular flexibility index (Phi) is 6.63. The zero-order valence-corrected chi connectivity index (χ0v) is 17.4. The molecule has 1 aromatic rings. The molecule has 25 heavy (non-hydrogen) atoms. The second-order valence-corrected chi connectivity index (χ2v) is 11.8. The van der Waals surface area contributed by atoms with Gasteiger partial charge in [-0.15, -0.1) is 0 Å². The second-order valence-electron chi connectivity index (χ2n) is 6.83. The molecule has 2 fully saturated rings. The maximum Gasteiger partial charge on any atom is 0.215 e. The first-order chi connectivity index (χ1) is 11.9. The first-order valence-corrected chi connectivity index (χ1v) is 12.6. The fourth-order valence-corrected chi connectivity index (χ4v) is 7.73. The fraction of sp³-hybridized carbons (Fsp3) is 0.625. The van der Waals surface area contributed by atoms with E-state index in [0.29, 0.717) is 31.6 Å². The van der Waals surface area contributed by atoms with Gasteiger partial charge in [-0.05, 0) is 44.0 Å². The summed E-state index contributed by atoms with van der Waals surface area (Å²) in [5.74, 6) is 0.157. The highest BCUT2D eigenvalue weighted by atomic mass is 35.5. The molecule has 2 heterocycles. The molecule has 2 saturated heterocycles. The van der Waals surface area contributed by atoms with Crippen LogP contribution in [-0.2, 0) is 10.0 Å². The molecule has 3 rings (SSSR count). The summed E-state index contributed by atoms with van der Waals surface area (Å²) in [6.07, 6.45) is 1.79. The van der Waals surface area contributed by atoms with E-state index in [-0.39, 0.29) is 11.3 Å². The third-order valence-electron chi connectivity index (χ3n) is 4.54. The van der Waals surface area contributed by atoms with Crippen molar-refractivity contribution in [3.05, 3.63) is 29.3 Å². The Labute approximate surface area is 163 Å². The number of rotatable bonds is 6. The van der Waals surface area contributed by atoms with Gasteiger partial charge in [0.05, 0.1) is 5.75 Å². The van der Waals surface area contributed by atoms with Gasteiger partial charge >= 0.3 is 0 Å². The summed E-state index contributed by atoms with van der Waals surface area (Å²) in [6, 6.07) is 7.82. The van der Waals surface area contributed by atoms with E-state index in [2.05, 4.69) is 10.6 Å². The van der Waals surface area contributed by atoms with E-state index < -0.39 is 10.0 Å². The second kappa shape index (κ2) is 8.37. The van der Waals surface area contributed by atoms with Crippen molar-refractivity contribution in [1.29, 1.82) is 0 Å². The summed E-state index contributed by atoms with van der Waals surface area (Å²) in [7, 11) is 0.352. The Balaban J connectivity index is 1.47. The highest BCUT2D eigenvalue weighted by Gasteiger charge is 2.37. The molecule has 1 atom stereocenters. The standard InChI is InChI=1S/C16H24ClN3O2S3/c1-16(10-18-12-19-16)11-25(21,22)20-8-6-15(7-9-20)24-23-14-4-2-13(17)3-5-14/h2-5,15,18-19H,6-12H2,1H3/t16-/m0/s1. The van der Waals surface area contributed by atoms with Gasteiger partial charge in [0.25, 0.3) is 0 Å². The van der Waals surface area contributed by atoms with Crippen molar-refractivity contribution in [2.75, 3.05) is 32.1 Å². The van der Waals surface area contributed by atoms with Crippen LogP contribution in [0.1, 0.15) is 19.8 Å². The smallest absolute Gasteiger partial charge is 0.215 e. The van der Waals surface area contributed by atoms with Gasteiger partial charge in [-0.3, -0.25) is 5.32 Å². The third kappa shape index (κ3) is 5.51. The molecule has 5 nitrogen and oxygen atoms in total. The van der Waals surface area contributed by atoms with Gasteiger partial charge in [0.2, 0.25) is 10.0 Å². The Morgan fingerprint density at radius 2 is 1.96 bits per heavy atom. The van der Waals surface area contributed by atoms with Crippen LogP contribution in [0, 0.1) is 0 Å². The summed E-state index contributed by atoms with van der Waals surface area (Å²) in [5, 5.41) is 7.64. The molecule has 2 aliphatic heterocycles. The first kappa shape index (κ1) is 19.8. The van der Waals surface area contributed by atoms with Crippen LogP contribution in [0.15, 0.2) is 29.2 Å². The molecule has 0 aromatic heterocycles. The summed E-state index contributed by atoms with van der Waals surface area (Å²) in [6.45, 7) is 4.56. The maximum absolute atomic E-state index is 12.7. The van der Waals surface area contributed by atoms with Gasteiger partial charge in [0, 0.05) is 47.0 Å². The molecular formula is C16H24ClN3O2S3. The predicted octanol–water partition coefficient (Wildman–Crippen LogP) is 2.78. The molecule has 0 aliphatic carbocycles. The van der Waals surface area contributed by atoms with E-state index in [1.54, 1.807) is 15.1 Å². The van der Waals surface area contributed by atoms with Crippen LogP contribution in [0.3, 0.4) is 0 Å². The van der Waals surface area contributed by atoms with E-state index in [0.717, 1.165) is 17.9 Å². The average molecular weight is 422 g/mol. The minimum atomic E-state index is -3.22. The lowest BCUT2D eigenvalue weighted by Gasteiger charge is -2.33. The molecule has 0 unspecified atom stereocenters. The van der Waals surface area contributed by atoms with Crippen molar-refractivity contribution < 1.29 is 8.42 Å². The Morgan fingerprint density at radius 1 is 1.28 bits per heavy atom. The number of nitrogens with one attached hydrogen (secondary N) is 2. The SMILES string of the molecule is C[C@@]1(CS(=O)(=O)N2CCC(SSc3ccc(Cl)cc3)CC2)CNCN1. The minimum absolute atomic E-state index is 0.157. The number of hydrogen-bond donors (Lipinski definition) is 2. The third-order valence-corrected chi connectivity index (χ3v) is 9.94. The van der Waals surface area contributed by atoms with Crippen LogP contribution in [0.5, 0.6) is 0 Å². The monoisotopic (exact) mass is 421 g/mol. The normalized spacial score (nSPS) is 26.2. The molecule has 0 radical (unpaired) electrons. The largest absolute Gasteiger partial charge is 0.303 e. The van der Waals surface area contributed by atoms with Gasteiger partial charge in [0.1, 0.15) is 0 Å². The molecular weight excluding hydrogens is 398 g/mol. The van der Waals surface area contributed by atoms with Crippen molar-refractivity contribution >= 4 is 43.2 Å². The number of hydrogen-bond acceptors (Lipinski definition) is 6. The highest BCUT2D eigenvalue weighted by Crippen LogP contribution is 2.39. The van der Waals surface area contributed by atoms with Crippen LogP contribution in [0.25, 0.3) is 0 Å². The van der Waals surface area contributed by atoms with Gasteiger partial charge < -0.3 is 5.32 Å². The number of nitrogens with zero attached hydrogens (tertiary/aromatic N) is 1. The van der Waals surface area contributed by atoms with Crippen LogP contribution in [0.4, 0.5) is 0 Å². The molecule has 0 spiro atoms. The van der Waals surface area contributed by atoms with Crippen molar-refractivity contribution in [2.45, 2.75) is 35.4 Å². The van der Waals surface area contributed by atoms with Gasteiger partial charge in [-0.25, -0.2) is 12.7 Å². The van der Waals surface area contributed by atoms with Crippen molar-refractivity contribution in [3.63, 3.8) is 0 Å². The van der Waals surface area contributed by atoms with Gasteiger partial charge in [-0.2, -0.15) is 0 Å². The minimum Gasteiger partial charge on any atom is -0.303 e. The van der Waals surface area contributed by atoms with E-state index in [4.69, 9.17) is 11.6 Å². The lowest BCUT2D eigenvalue weighted by molar-refractivity contribution is 0.345. The topological polar surface area (TPSA) is 61.4 Å². The van der Waals surface area contributed by atoms with Crippen molar-refractivity contribution in [3.8, 4) is 0 Å². The van der Waals surface area contributed by atoms with Crippen LogP contribution in [-0.4, -0.2) is 55.6 Å². The predicted molar refractivity (Wildman–Crippen MR) is 108 cm³/mol. The average Bonchev–Trinajstić information content (AvgIpc) is 3.00. The zero-order valence-electron chi connectivity index (χ0n) is 14.2. The molecule has 0 bridgehead atoms. The highest BCUT2D eigenvalue weighted by molar-refractivity contribution is 8.76. The zero-order chi connectivity index (χ0) is 17.9. The lowest BCUT2D eigenvalue weighted by Crippen LogP contribution is -2.51. The number of piperidine rings is 1. The maximum atomic E-state index is 12.7. The number of sulfonamides is 1. The lowest BCUT2D eigenvalue weighted by atomic mass is 10.1. The Bertz CT molecular complexity index is 670.